The molecular formula is C23H35BrN4O6. The standard InChI is InChI=1S/C23H35BrN4O6/c1-4-32-21(29)15-26-7-9-27(16-22(30)33-5-2)13-19-11-18(24)12-20(25-19)14-28(10-8-26)17-23(31)34-6-3/h11-12H,4-10,13-17H2,1-3H3. The van der Waals surface area contributed by atoms with Crippen molar-refractivity contribution >= 4 is 33.8 Å². The Bertz CT molecular complexity index is 772. The molecule has 34 heavy (non-hydrogen) atoms. The predicted molar refractivity (Wildman–Crippen MR) is 129 cm³/mol. The molecule has 0 fully saturated rings. The highest BCUT2D eigenvalue weighted by Gasteiger charge is 2.21. The molecule has 0 atom stereocenters. The van der Waals surface area contributed by atoms with Crippen molar-refractivity contribution < 1.29 is 28.6 Å². The molecule has 1 aliphatic heterocycles. The zero-order chi connectivity index (χ0) is 24.9. The first kappa shape index (κ1) is 28.2. The van der Waals surface area contributed by atoms with Crippen LogP contribution in [0.25, 0.3) is 0 Å². The van der Waals surface area contributed by atoms with Gasteiger partial charge in [-0.15, -0.1) is 0 Å². The third kappa shape index (κ3) is 10.5. The summed E-state index contributed by atoms with van der Waals surface area (Å²) in [6, 6.07) is 3.83. The lowest BCUT2D eigenvalue weighted by molar-refractivity contribution is -0.146. The monoisotopic (exact) mass is 542 g/mol. The average molecular weight is 543 g/mol. The van der Waals surface area contributed by atoms with Crippen LogP contribution in [-0.4, -0.2) is 103 Å². The molecule has 2 bridgehead atoms. The number of hydrogen-bond donors (Lipinski definition) is 0. The fourth-order valence-corrected chi connectivity index (χ4v) is 4.19. The van der Waals surface area contributed by atoms with Crippen LogP contribution in [0.2, 0.25) is 0 Å². The topological polar surface area (TPSA) is 102 Å². The molecule has 2 heterocycles. The van der Waals surface area contributed by atoms with Gasteiger partial charge in [0.1, 0.15) is 0 Å². The van der Waals surface area contributed by atoms with Crippen molar-refractivity contribution in [3.05, 3.63) is 28.0 Å². The van der Waals surface area contributed by atoms with Crippen molar-refractivity contribution in [1.29, 1.82) is 0 Å². The molecule has 0 radical (unpaired) electrons. The van der Waals surface area contributed by atoms with Crippen LogP contribution in [0.5, 0.6) is 0 Å². The van der Waals surface area contributed by atoms with Gasteiger partial charge in [0.25, 0.3) is 0 Å². The number of carbonyl (C=O) groups is 3. The molecule has 1 aromatic rings. The van der Waals surface area contributed by atoms with Crippen molar-refractivity contribution in [2.75, 3.05) is 65.6 Å². The number of nitrogens with zero attached hydrogens (tertiary/aromatic N) is 4. The lowest BCUT2D eigenvalue weighted by Crippen LogP contribution is -2.44. The minimum atomic E-state index is -0.306. The number of hydrogen-bond acceptors (Lipinski definition) is 10. The summed E-state index contributed by atoms with van der Waals surface area (Å²) in [4.78, 5) is 47.2. The van der Waals surface area contributed by atoms with Gasteiger partial charge in [-0.05, 0) is 32.9 Å². The number of aromatic nitrogens is 1. The number of ether oxygens (including phenoxy) is 3. The van der Waals surface area contributed by atoms with Crippen LogP contribution >= 0.6 is 15.9 Å². The van der Waals surface area contributed by atoms with Crippen molar-refractivity contribution in [1.82, 2.24) is 19.7 Å². The predicted octanol–water partition coefficient (Wildman–Crippen LogP) is 1.45. The Morgan fingerprint density at radius 2 is 1.09 bits per heavy atom. The molecule has 10 nitrogen and oxygen atoms in total. The number of halogens is 1. The van der Waals surface area contributed by atoms with Crippen molar-refractivity contribution in [3.63, 3.8) is 0 Å². The van der Waals surface area contributed by atoms with Crippen molar-refractivity contribution in [2.24, 2.45) is 0 Å². The first-order valence-electron chi connectivity index (χ1n) is 11.6. The summed E-state index contributed by atoms with van der Waals surface area (Å²) in [5.41, 5.74) is 1.59. The average Bonchev–Trinajstić information content (AvgIpc) is 2.74. The van der Waals surface area contributed by atoms with E-state index in [-0.39, 0.29) is 37.5 Å². The van der Waals surface area contributed by atoms with E-state index in [1.54, 1.807) is 20.8 Å². The molecule has 0 N–H and O–H groups in total. The molecule has 0 saturated carbocycles. The van der Waals surface area contributed by atoms with Gasteiger partial charge in [-0.3, -0.25) is 34.1 Å². The van der Waals surface area contributed by atoms with Crippen LogP contribution in [0.15, 0.2) is 16.6 Å². The van der Waals surface area contributed by atoms with E-state index >= 15 is 0 Å². The highest BCUT2D eigenvalue weighted by molar-refractivity contribution is 9.10. The fourth-order valence-electron chi connectivity index (χ4n) is 3.66. The third-order valence-corrected chi connectivity index (χ3v) is 5.56. The molecule has 0 spiro atoms. The highest BCUT2D eigenvalue weighted by Crippen LogP contribution is 2.17. The normalized spacial score (nSPS) is 16.2. The van der Waals surface area contributed by atoms with Gasteiger partial charge in [-0.25, -0.2) is 0 Å². The zero-order valence-electron chi connectivity index (χ0n) is 20.3. The maximum absolute atomic E-state index is 12.2. The highest BCUT2D eigenvalue weighted by atomic mass is 79.9. The van der Waals surface area contributed by atoms with E-state index in [0.29, 0.717) is 59.1 Å². The van der Waals surface area contributed by atoms with Gasteiger partial charge in [0, 0.05) is 43.7 Å². The smallest absolute Gasteiger partial charge is 0.320 e. The van der Waals surface area contributed by atoms with Gasteiger partial charge in [-0.1, -0.05) is 15.9 Å². The Balaban J connectivity index is 2.28. The number of pyridine rings is 1. The van der Waals surface area contributed by atoms with Crippen molar-refractivity contribution in [2.45, 2.75) is 33.9 Å². The molecule has 0 saturated heterocycles. The molecule has 0 aromatic carbocycles. The first-order chi connectivity index (χ1) is 16.3. The summed E-state index contributed by atoms with van der Waals surface area (Å²) in [5, 5.41) is 0. The maximum atomic E-state index is 12.2. The third-order valence-electron chi connectivity index (χ3n) is 5.11. The summed E-state index contributed by atoms with van der Waals surface area (Å²) < 4.78 is 16.3. The van der Waals surface area contributed by atoms with Crippen LogP contribution < -0.4 is 0 Å². The Kier molecular flexibility index (Phi) is 12.4. The Morgan fingerprint density at radius 3 is 1.47 bits per heavy atom. The van der Waals surface area contributed by atoms with Crippen LogP contribution in [0.1, 0.15) is 32.2 Å². The molecule has 1 aliphatic rings. The van der Waals surface area contributed by atoms with Gasteiger partial charge in [0.05, 0.1) is 50.8 Å². The first-order valence-corrected chi connectivity index (χ1v) is 12.4. The van der Waals surface area contributed by atoms with E-state index in [9.17, 15) is 14.4 Å². The van der Waals surface area contributed by atoms with Gasteiger partial charge in [-0.2, -0.15) is 0 Å². The lowest BCUT2D eigenvalue weighted by Gasteiger charge is -2.30. The number of esters is 3. The minimum absolute atomic E-state index is 0.125. The summed E-state index contributed by atoms with van der Waals surface area (Å²) in [6.07, 6.45) is 0. The van der Waals surface area contributed by atoms with Crippen LogP contribution in [0.3, 0.4) is 0 Å². The second-order valence-electron chi connectivity index (χ2n) is 7.88. The second-order valence-corrected chi connectivity index (χ2v) is 8.80. The second kappa shape index (κ2) is 15.0. The maximum Gasteiger partial charge on any atom is 0.320 e. The molecule has 2 rings (SSSR count). The lowest BCUT2D eigenvalue weighted by atomic mass is 10.2. The quantitative estimate of drug-likeness (QED) is 0.336. The van der Waals surface area contributed by atoms with E-state index in [4.69, 9.17) is 19.2 Å². The molecule has 0 amide bonds. The number of rotatable bonds is 9. The van der Waals surface area contributed by atoms with E-state index < -0.39 is 0 Å². The molecule has 1 aromatic heterocycles. The molecule has 11 heteroatoms. The molecular weight excluding hydrogens is 508 g/mol. The van der Waals surface area contributed by atoms with E-state index in [1.165, 1.54) is 0 Å². The Hall–Kier alpha value is -2.08. The van der Waals surface area contributed by atoms with E-state index in [0.717, 1.165) is 15.9 Å². The number of carbonyl (C=O) groups excluding carboxylic acids is 3. The summed E-state index contributed by atoms with van der Waals surface area (Å²) in [5.74, 6) is -0.913. The van der Waals surface area contributed by atoms with Crippen LogP contribution in [0, 0.1) is 0 Å². The molecule has 190 valence electrons. The van der Waals surface area contributed by atoms with Crippen molar-refractivity contribution in [3.8, 4) is 0 Å². The Labute approximate surface area is 209 Å². The van der Waals surface area contributed by atoms with E-state index in [1.807, 2.05) is 26.8 Å². The summed E-state index contributed by atoms with van der Waals surface area (Å²) in [6.45, 7) is 9.65. The number of fused-ring (bicyclic) bond motifs is 2. The zero-order valence-corrected chi connectivity index (χ0v) is 21.8. The fraction of sp³-hybridized carbons (Fsp3) is 0.652. The SMILES string of the molecule is CCOC(=O)CN1CCN(CC(=O)OCC)Cc2cc(Br)cc(n2)CN(CC(=O)OCC)CC1. The summed E-state index contributed by atoms with van der Waals surface area (Å²) >= 11 is 3.55. The van der Waals surface area contributed by atoms with Gasteiger partial charge >= 0.3 is 17.9 Å². The summed E-state index contributed by atoms with van der Waals surface area (Å²) in [7, 11) is 0. The van der Waals surface area contributed by atoms with E-state index in [2.05, 4.69) is 15.9 Å². The molecule has 0 aliphatic carbocycles. The van der Waals surface area contributed by atoms with Gasteiger partial charge < -0.3 is 14.2 Å². The van der Waals surface area contributed by atoms with Gasteiger partial charge in [0.2, 0.25) is 0 Å². The minimum Gasteiger partial charge on any atom is -0.465 e. The molecule has 0 unspecified atom stereocenters. The van der Waals surface area contributed by atoms with Crippen LogP contribution in [0.4, 0.5) is 0 Å². The van der Waals surface area contributed by atoms with Gasteiger partial charge in [0.15, 0.2) is 0 Å². The largest absolute Gasteiger partial charge is 0.465 e. The van der Waals surface area contributed by atoms with Crippen LogP contribution in [-0.2, 0) is 41.7 Å². The Morgan fingerprint density at radius 1 is 0.735 bits per heavy atom.